The van der Waals surface area contributed by atoms with Gasteiger partial charge in [-0.15, -0.1) is 0 Å². The maximum Gasteiger partial charge on any atom is 0.119 e. The number of hydrogen-bond acceptors (Lipinski definition) is 7. The number of ether oxygens (including phenoxy) is 1. The maximum absolute atomic E-state index is 5.63. The first-order valence-corrected chi connectivity index (χ1v) is 10.1. The third kappa shape index (κ3) is 13.5. The second-order valence-electron chi connectivity index (χ2n) is 6.57. The average Bonchev–Trinajstić information content (AvgIpc) is 2.68. The highest BCUT2D eigenvalue weighted by Crippen LogP contribution is 2.20. The summed E-state index contributed by atoms with van der Waals surface area (Å²) in [6, 6.07) is 0. The minimum Gasteiger partial charge on any atom is -0.496 e. The lowest BCUT2D eigenvalue weighted by atomic mass is 9.98. The molecule has 0 N–H and O–H groups in total. The minimum atomic E-state index is 0.0487. The van der Waals surface area contributed by atoms with Gasteiger partial charge in [0.1, 0.15) is 13.2 Å². The summed E-state index contributed by atoms with van der Waals surface area (Å²) in [4.78, 5) is 9.77. The molecule has 7 heteroatoms. The molecule has 1 fully saturated rings. The van der Waals surface area contributed by atoms with Crippen molar-refractivity contribution in [1.29, 1.82) is 0 Å². The molecule has 0 bridgehead atoms. The van der Waals surface area contributed by atoms with Crippen molar-refractivity contribution in [2.45, 2.75) is 97.0 Å². The van der Waals surface area contributed by atoms with Crippen molar-refractivity contribution >= 4 is 0 Å². The summed E-state index contributed by atoms with van der Waals surface area (Å²) in [6.45, 7) is 4.79. The molecule has 1 saturated carbocycles. The van der Waals surface area contributed by atoms with Gasteiger partial charge in [-0.05, 0) is 52.4 Å². The van der Waals surface area contributed by atoms with E-state index < -0.39 is 0 Å². The van der Waals surface area contributed by atoms with Gasteiger partial charge in [0.25, 0.3) is 0 Å². The fourth-order valence-corrected chi connectivity index (χ4v) is 2.90. The van der Waals surface area contributed by atoms with Crippen LogP contribution in [0.1, 0.15) is 90.9 Å². The van der Waals surface area contributed by atoms with Crippen LogP contribution in [0.15, 0.2) is 11.8 Å². The summed E-state index contributed by atoms with van der Waals surface area (Å²) in [6.07, 6.45) is 16.1. The van der Waals surface area contributed by atoms with E-state index in [-0.39, 0.29) is 12.7 Å². The van der Waals surface area contributed by atoms with Crippen molar-refractivity contribution in [3.05, 3.63) is 11.8 Å². The van der Waals surface area contributed by atoms with Gasteiger partial charge < -0.3 is 4.74 Å². The fourth-order valence-electron chi connectivity index (χ4n) is 2.90. The van der Waals surface area contributed by atoms with Gasteiger partial charge in [-0.2, -0.15) is 0 Å². The molecule has 1 aliphatic carbocycles. The Bertz CT molecular complexity index is 330. The Morgan fingerprint density at radius 3 is 2.35 bits per heavy atom. The lowest BCUT2D eigenvalue weighted by Gasteiger charge is -2.18. The quantitative estimate of drug-likeness (QED) is 0.140. The van der Waals surface area contributed by atoms with Gasteiger partial charge in [-0.25, -0.2) is 9.78 Å². The summed E-state index contributed by atoms with van der Waals surface area (Å²) >= 11 is 0. The first-order valence-electron chi connectivity index (χ1n) is 10.1. The van der Waals surface area contributed by atoms with Gasteiger partial charge in [0.05, 0.1) is 11.9 Å². The summed E-state index contributed by atoms with van der Waals surface area (Å²) in [5.41, 5.74) is 0. The van der Waals surface area contributed by atoms with Gasteiger partial charge in [0.2, 0.25) is 0 Å². The van der Waals surface area contributed by atoms with E-state index in [1.165, 1.54) is 38.5 Å². The lowest BCUT2D eigenvalue weighted by molar-refractivity contribution is -0.760. The summed E-state index contributed by atoms with van der Waals surface area (Å²) in [5.74, 6) is 0.977. The van der Waals surface area contributed by atoms with E-state index >= 15 is 0 Å². The van der Waals surface area contributed by atoms with Gasteiger partial charge in [0.15, 0.2) is 0 Å². The van der Waals surface area contributed by atoms with E-state index in [4.69, 9.17) is 14.5 Å². The molecule has 0 atom stereocenters. The Morgan fingerprint density at radius 1 is 0.846 bits per heavy atom. The van der Waals surface area contributed by atoms with Crippen LogP contribution in [0.5, 0.6) is 0 Å². The lowest BCUT2D eigenvalue weighted by Crippen LogP contribution is -2.17. The Kier molecular flexibility index (Phi) is 15.9. The second-order valence-corrected chi connectivity index (χ2v) is 6.57. The van der Waals surface area contributed by atoms with Crippen molar-refractivity contribution < 1.29 is 34.7 Å². The molecule has 0 spiro atoms. The predicted molar refractivity (Wildman–Crippen MR) is 96.0 cm³/mol. The van der Waals surface area contributed by atoms with Crippen LogP contribution in [-0.4, -0.2) is 19.3 Å². The minimum absolute atomic E-state index is 0.0487. The van der Waals surface area contributed by atoms with Crippen LogP contribution in [0.4, 0.5) is 0 Å². The fraction of sp³-hybridized carbons (Fsp3) is 0.895. The van der Waals surface area contributed by atoms with Crippen LogP contribution < -0.4 is 0 Å². The Labute approximate surface area is 157 Å². The molecule has 0 aliphatic heterocycles. The van der Waals surface area contributed by atoms with Gasteiger partial charge in [0, 0.05) is 6.42 Å². The molecular formula is C19H36O7. The zero-order valence-electron chi connectivity index (χ0n) is 16.4. The van der Waals surface area contributed by atoms with Gasteiger partial charge in [-0.1, -0.05) is 58.3 Å². The molecule has 0 aromatic rings. The van der Waals surface area contributed by atoms with E-state index in [1.54, 1.807) is 0 Å². The molecule has 1 aliphatic rings. The molecule has 154 valence electrons. The number of unbranched alkanes of at least 4 members (excludes halogenated alkanes) is 5. The summed E-state index contributed by atoms with van der Waals surface area (Å²) in [7, 11) is 0. The second kappa shape index (κ2) is 17.7. The van der Waals surface area contributed by atoms with Crippen LogP contribution >= 0.6 is 0 Å². The Hall–Kier alpha value is -0.700. The first-order chi connectivity index (χ1) is 12.9. The largest absolute Gasteiger partial charge is 0.496 e. The van der Waals surface area contributed by atoms with Crippen LogP contribution in [0, 0.1) is 0 Å². The monoisotopic (exact) mass is 376 g/mol. The molecule has 1 rings (SSSR count). The molecule has 0 radical (unpaired) electrons. The van der Waals surface area contributed by atoms with Crippen LogP contribution in [0.3, 0.4) is 0 Å². The zero-order chi connectivity index (χ0) is 18.7. The number of hydrogen-bond donors (Lipinski definition) is 0. The predicted octanol–water partition coefficient (Wildman–Crippen LogP) is 5.66. The van der Waals surface area contributed by atoms with E-state index in [2.05, 4.69) is 27.1 Å². The highest BCUT2D eigenvalue weighted by Gasteiger charge is 2.15. The number of allylic oxidation sites excluding steroid dienone is 2. The van der Waals surface area contributed by atoms with E-state index in [0.717, 1.165) is 44.3 Å². The van der Waals surface area contributed by atoms with Crippen molar-refractivity contribution in [3.63, 3.8) is 0 Å². The van der Waals surface area contributed by atoms with Crippen LogP contribution in [0.25, 0.3) is 0 Å². The molecular weight excluding hydrogens is 340 g/mol. The van der Waals surface area contributed by atoms with Crippen molar-refractivity contribution in [2.75, 3.05) is 13.2 Å². The molecule has 0 saturated heterocycles. The standard InChI is InChI=1S/C19H36O7/c1-3-5-6-7-8-10-13-18(4-2)20-16-17-21-23-25-26-24-22-19-14-11-9-12-15-19/h4,19H,3,5-17H2,1-2H3. The van der Waals surface area contributed by atoms with Gasteiger partial charge >= 0.3 is 0 Å². The molecule has 0 aromatic heterocycles. The van der Waals surface area contributed by atoms with E-state index in [0.29, 0.717) is 6.61 Å². The van der Waals surface area contributed by atoms with Crippen LogP contribution in [0.2, 0.25) is 0 Å². The molecule has 0 amide bonds. The third-order valence-corrected chi connectivity index (χ3v) is 4.41. The zero-order valence-corrected chi connectivity index (χ0v) is 16.4. The van der Waals surface area contributed by atoms with Crippen molar-refractivity contribution in [3.8, 4) is 0 Å². The van der Waals surface area contributed by atoms with E-state index in [1.807, 2.05) is 13.0 Å². The van der Waals surface area contributed by atoms with Crippen molar-refractivity contribution in [2.24, 2.45) is 0 Å². The highest BCUT2D eigenvalue weighted by atomic mass is 17.8. The Balaban J connectivity index is 1.83. The summed E-state index contributed by atoms with van der Waals surface area (Å²) in [5, 5.41) is 17.3. The maximum atomic E-state index is 5.63. The highest BCUT2D eigenvalue weighted by molar-refractivity contribution is 4.89. The number of rotatable bonds is 17. The molecule has 0 unspecified atom stereocenters. The smallest absolute Gasteiger partial charge is 0.119 e. The Morgan fingerprint density at radius 2 is 1.58 bits per heavy atom. The molecule has 7 nitrogen and oxygen atoms in total. The third-order valence-electron chi connectivity index (χ3n) is 4.41. The van der Waals surface area contributed by atoms with Crippen LogP contribution in [-0.2, 0) is 34.7 Å². The average molecular weight is 376 g/mol. The topological polar surface area (TPSA) is 64.6 Å². The molecule has 26 heavy (non-hydrogen) atoms. The molecule has 0 aromatic carbocycles. The SMILES string of the molecule is CC=C(CCCCCCCC)OCCOOOOOOC1CCCCC1. The van der Waals surface area contributed by atoms with E-state index in [9.17, 15) is 0 Å². The summed E-state index contributed by atoms with van der Waals surface area (Å²) < 4.78 is 5.63. The first kappa shape index (κ1) is 23.3. The van der Waals surface area contributed by atoms with Crippen molar-refractivity contribution in [1.82, 2.24) is 0 Å². The van der Waals surface area contributed by atoms with Gasteiger partial charge in [-0.3, -0.25) is 0 Å². The molecule has 0 heterocycles. The normalized spacial score (nSPS) is 16.2.